The number of alkyl halides is 1. The number of aliphatic hydroxyl groups is 2. The Bertz CT molecular complexity index is 718. The molecule has 0 spiro atoms. The number of halogens is 1. The number of hydrogen-bond acceptors (Lipinski definition) is 6. The molecule has 29 heavy (non-hydrogen) atoms. The third kappa shape index (κ3) is 4.02. The summed E-state index contributed by atoms with van der Waals surface area (Å²) in [6.45, 7) is 8.54. The highest BCUT2D eigenvalue weighted by molar-refractivity contribution is 14.1. The summed E-state index contributed by atoms with van der Waals surface area (Å²) in [5.74, 6) is -0.505. The van der Waals surface area contributed by atoms with Crippen molar-refractivity contribution in [2.75, 3.05) is 17.6 Å². The summed E-state index contributed by atoms with van der Waals surface area (Å²) in [4.78, 5) is 23.9. The molecule has 2 saturated carbocycles. The van der Waals surface area contributed by atoms with E-state index < -0.39 is 23.6 Å². The number of esters is 2. The predicted molar refractivity (Wildman–Crippen MR) is 116 cm³/mol. The lowest BCUT2D eigenvalue weighted by Gasteiger charge is -2.59. The first-order valence-corrected chi connectivity index (χ1v) is 11.8. The Kier molecular flexibility index (Phi) is 6.80. The van der Waals surface area contributed by atoms with Crippen LogP contribution >= 0.6 is 22.6 Å². The first-order valence-electron chi connectivity index (χ1n) is 10.3. The van der Waals surface area contributed by atoms with Crippen LogP contribution < -0.4 is 0 Å². The van der Waals surface area contributed by atoms with Crippen LogP contribution in [0.25, 0.3) is 0 Å². The van der Waals surface area contributed by atoms with Gasteiger partial charge in [0.05, 0.1) is 22.7 Å². The van der Waals surface area contributed by atoms with Crippen molar-refractivity contribution in [3.8, 4) is 0 Å². The minimum absolute atomic E-state index is 0.0463. The molecule has 0 aromatic carbocycles. The maximum absolute atomic E-state index is 12.2. The van der Waals surface area contributed by atoms with Crippen molar-refractivity contribution in [2.45, 2.75) is 58.2 Å². The molecule has 0 unspecified atom stereocenters. The second-order valence-electron chi connectivity index (χ2n) is 9.13. The minimum atomic E-state index is -0.652. The summed E-state index contributed by atoms with van der Waals surface area (Å²) >= 11 is 1.93. The van der Waals surface area contributed by atoms with Crippen molar-refractivity contribution in [2.24, 2.45) is 22.7 Å². The maximum atomic E-state index is 12.2. The number of cyclic esters (lactones) is 1. The minimum Gasteiger partial charge on any atom is -0.458 e. The normalized spacial score (nSPS) is 41.2. The van der Waals surface area contributed by atoms with Gasteiger partial charge in [0.2, 0.25) is 0 Å². The van der Waals surface area contributed by atoms with E-state index in [0.717, 1.165) is 24.8 Å². The summed E-state index contributed by atoms with van der Waals surface area (Å²) in [7, 11) is 0. The van der Waals surface area contributed by atoms with E-state index in [1.54, 1.807) is 0 Å². The van der Waals surface area contributed by atoms with Gasteiger partial charge < -0.3 is 19.7 Å². The first kappa shape index (κ1) is 22.7. The fourth-order valence-electron chi connectivity index (χ4n) is 5.84. The van der Waals surface area contributed by atoms with Crippen molar-refractivity contribution < 1.29 is 29.3 Å². The highest BCUT2D eigenvalue weighted by Gasteiger charge is 2.57. The third-order valence-electron chi connectivity index (χ3n) is 7.60. The molecule has 0 amide bonds. The van der Waals surface area contributed by atoms with Crippen molar-refractivity contribution in [3.05, 3.63) is 23.8 Å². The molecule has 6 atom stereocenters. The number of aliphatic hydroxyl groups excluding tert-OH is 2. The van der Waals surface area contributed by atoms with Gasteiger partial charge in [-0.05, 0) is 49.4 Å². The number of rotatable bonds is 5. The summed E-state index contributed by atoms with van der Waals surface area (Å²) in [5.41, 5.74) is 0.885. The second-order valence-corrected chi connectivity index (χ2v) is 9.89. The lowest BCUT2D eigenvalue weighted by molar-refractivity contribution is -0.151. The van der Waals surface area contributed by atoms with Gasteiger partial charge in [-0.15, -0.1) is 0 Å². The van der Waals surface area contributed by atoms with Gasteiger partial charge in [-0.25, -0.2) is 4.79 Å². The highest BCUT2D eigenvalue weighted by atomic mass is 127. The number of carbonyl (C=O) groups excluding carboxylic acids is 2. The fourth-order valence-corrected chi connectivity index (χ4v) is 6.02. The highest BCUT2D eigenvalue weighted by Crippen LogP contribution is 2.61. The van der Waals surface area contributed by atoms with Crippen LogP contribution in [0.5, 0.6) is 0 Å². The molecule has 1 heterocycles. The second kappa shape index (κ2) is 8.67. The van der Waals surface area contributed by atoms with Gasteiger partial charge >= 0.3 is 11.9 Å². The molecule has 0 bridgehead atoms. The Morgan fingerprint density at radius 1 is 1.41 bits per heavy atom. The van der Waals surface area contributed by atoms with Crippen LogP contribution in [0.4, 0.5) is 0 Å². The summed E-state index contributed by atoms with van der Waals surface area (Å²) < 4.78 is 10.7. The van der Waals surface area contributed by atoms with Gasteiger partial charge in [-0.2, -0.15) is 0 Å². The molecule has 2 N–H and O–H groups in total. The molecule has 0 aromatic heterocycles. The Morgan fingerprint density at radius 3 is 2.79 bits per heavy atom. The van der Waals surface area contributed by atoms with E-state index in [0.29, 0.717) is 18.4 Å². The Balaban J connectivity index is 1.85. The molecule has 1 aliphatic heterocycles. The third-order valence-corrected chi connectivity index (χ3v) is 8.22. The van der Waals surface area contributed by atoms with Gasteiger partial charge in [0.1, 0.15) is 6.61 Å². The SMILES string of the molecule is C=C1CC[C@@H]2[C@](C)(CO)[C@H](O)CC[C@@]2(C)[C@@H]1C/C=C1/C(=O)OC[C@H]1OC(=O)CI. The summed E-state index contributed by atoms with van der Waals surface area (Å²) in [6.07, 6.45) is 4.51. The molecule has 0 radical (unpaired) electrons. The van der Waals surface area contributed by atoms with Crippen LogP contribution in [-0.4, -0.2) is 52.0 Å². The Hall–Kier alpha value is -0.930. The lowest BCUT2D eigenvalue weighted by atomic mass is 9.46. The molecule has 2 aliphatic carbocycles. The number of carbonyl (C=O) groups is 2. The van der Waals surface area contributed by atoms with Crippen molar-refractivity contribution in [1.29, 1.82) is 0 Å². The van der Waals surface area contributed by atoms with E-state index in [1.807, 2.05) is 35.6 Å². The van der Waals surface area contributed by atoms with Crippen LogP contribution in [0.15, 0.2) is 23.8 Å². The fraction of sp³-hybridized carbons (Fsp3) is 0.727. The smallest absolute Gasteiger partial charge is 0.337 e. The molecular weight excluding hydrogens is 487 g/mol. The van der Waals surface area contributed by atoms with Crippen molar-refractivity contribution >= 4 is 34.5 Å². The zero-order chi connectivity index (χ0) is 21.4. The van der Waals surface area contributed by atoms with E-state index in [4.69, 9.17) is 9.47 Å². The van der Waals surface area contributed by atoms with Crippen LogP contribution in [0.2, 0.25) is 0 Å². The topological polar surface area (TPSA) is 93.1 Å². The average Bonchev–Trinajstić information content (AvgIpc) is 3.03. The van der Waals surface area contributed by atoms with E-state index in [-0.39, 0.29) is 40.9 Å². The van der Waals surface area contributed by atoms with Crippen molar-refractivity contribution in [3.63, 3.8) is 0 Å². The van der Waals surface area contributed by atoms with E-state index in [2.05, 4.69) is 13.5 Å². The van der Waals surface area contributed by atoms with Gasteiger partial charge in [0, 0.05) is 5.41 Å². The number of fused-ring (bicyclic) bond motifs is 1. The summed E-state index contributed by atoms with van der Waals surface area (Å²) in [6, 6.07) is 0. The molecule has 0 aromatic rings. The van der Waals surface area contributed by atoms with E-state index in [9.17, 15) is 19.8 Å². The number of allylic oxidation sites excluding steroid dienone is 2. The molecule has 7 heteroatoms. The first-order chi connectivity index (χ1) is 13.7. The maximum Gasteiger partial charge on any atom is 0.337 e. The molecule has 6 nitrogen and oxygen atoms in total. The van der Waals surface area contributed by atoms with Gasteiger partial charge in [-0.3, -0.25) is 4.79 Å². The Labute approximate surface area is 185 Å². The number of ether oxygens (including phenoxy) is 2. The summed E-state index contributed by atoms with van der Waals surface area (Å²) in [5, 5.41) is 20.7. The lowest BCUT2D eigenvalue weighted by Crippen LogP contribution is -2.57. The predicted octanol–water partition coefficient (Wildman–Crippen LogP) is 2.95. The van der Waals surface area contributed by atoms with Crippen LogP contribution in [0.1, 0.15) is 46.0 Å². The molecule has 3 fully saturated rings. The van der Waals surface area contributed by atoms with Crippen LogP contribution in [0, 0.1) is 22.7 Å². The quantitative estimate of drug-likeness (QED) is 0.191. The monoisotopic (exact) mass is 518 g/mol. The number of hydrogen-bond donors (Lipinski definition) is 2. The van der Waals surface area contributed by atoms with Crippen molar-refractivity contribution in [1.82, 2.24) is 0 Å². The molecule has 1 saturated heterocycles. The molecule has 3 rings (SSSR count). The largest absolute Gasteiger partial charge is 0.458 e. The zero-order valence-corrected chi connectivity index (χ0v) is 19.3. The van der Waals surface area contributed by atoms with Gasteiger partial charge in [-0.1, -0.05) is 54.7 Å². The average molecular weight is 518 g/mol. The van der Waals surface area contributed by atoms with Crippen LogP contribution in [-0.2, 0) is 19.1 Å². The molecular formula is C22H31IO6. The van der Waals surface area contributed by atoms with Gasteiger partial charge in [0.15, 0.2) is 6.10 Å². The van der Waals surface area contributed by atoms with Gasteiger partial charge in [0.25, 0.3) is 0 Å². The molecule has 3 aliphatic rings. The molecule has 162 valence electrons. The standard InChI is InChI=1S/C22H31IO6/c1-13-4-7-17-21(2,9-8-18(25)22(17,3)12-24)15(13)6-5-14-16(11-28-20(14)27)29-19(26)10-23/h5,15-18,24-25H,1,4,6-12H2,2-3H3/b14-5+/t15-,16-,17+,18-,21+,22+/m1/s1. The van der Waals surface area contributed by atoms with E-state index >= 15 is 0 Å². The van der Waals surface area contributed by atoms with Crippen LogP contribution in [0.3, 0.4) is 0 Å². The Morgan fingerprint density at radius 2 is 2.14 bits per heavy atom. The van der Waals surface area contributed by atoms with E-state index in [1.165, 1.54) is 0 Å². The zero-order valence-electron chi connectivity index (χ0n) is 17.2.